The second-order valence-corrected chi connectivity index (χ2v) is 5.11. The molecule has 0 aliphatic heterocycles. The van der Waals surface area contributed by atoms with E-state index in [1.54, 1.807) is 23.1 Å². The fourth-order valence-corrected chi connectivity index (χ4v) is 2.66. The van der Waals surface area contributed by atoms with Crippen LogP contribution in [0, 0.1) is 5.41 Å². The minimum absolute atomic E-state index is 0.0152. The van der Waals surface area contributed by atoms with Crippen molar-refractivity contribution in [3.8, 4) is 5.69 Å². The lowest BCUT2D eigenvalue weighted by Crippen LogP contribution is -2.12. The number of nitrogens with one attached hydrogen (secondary N) is 1. The van der Waals surface area contributed by atoms with Gasteiger partial charge in [-0.15, -0.1) is 5.10 Å². The Morgan fingerprint density at radius 2 is 2.00 bits per heavy atom. The average molecular weight is 297 g/mol. The van der Waals surface area contributed by atoms with Crippen molar-refractivity contribution in [3.63, 3.8) is 0 Å². The van der Waals surface area contributed by atoms with Crippen LogP contribution >= 0.6 is 11.8 Å². The molecule has 3 aromatic rings. The normalized spacial score (nSPS) is 10.5. The average Bonchev–Trinajstić information content (AvgIpc) is 2.96. The van der Waals surface area contributed by atoms with E-state index in [4.69, 9.17) is 11.1 Å². The molecule has 0 bridgehead atoms. The van der Waals surface area contributed by atoms with Gasteiger partial charge in [-0.25, -0.2) is 0 Å². The highest BCUT2D eigenvalue weighted by atomic mass is 32.2. The molecular weight excluding hydrogens is 286 g/mol. The van der Waals surface area contributed by atoms with Gasteiger partial charge in [-0.3, -0.25) is 10.4 Å². The maximum atomic E-state index is 7.60. The van der Waals surface area contributed by atoms with Gasteiger partial charge in [0.25, 0.3) is 0 Å². The van der Waals surface area contributed by atoms with Crippen LogP contribution in [0.5, 0.6) is 0 Å². The van der Waals surface area contributed by atoms with Crippen LogP contribution in [0.4, 0.5) is 0 Å². The third kappa shape index (κ3) is 2.75. The molecule has 2 aromatic heterocycles. The minimum Gasteiger partial charge on any atom is -0.384 e. The van der Waals surface area contributed by atoms with Crippen LogP contribution < -0.4 is 5.73 Å². The second-order valence-electron chi connectivity index (χ2n) is 4.10. The Balaban J connectivity index is 1.98. The highest BCUT2D eigenvalue weighted by Gasteiger charge is 2.13. The molecular formula is C13H11N7S. The van der Waals surface area contributed by atoms with E-state index in [-0.39, 0.29) is 5.84 Å². The van der Waals surface area contributed by atoms with Gasteiger partial charge in [-0.2, -0.15) is 4.68 Å². The number of tetrazole rings is 1. The number of benzene rings is 1. The number of amidine groups is 1. The summed E-state index contributed by atoms with van der Waals surface area (Å²) in [5.41, 5.74) is 7.04. The number of para-hydroxylation sites is 1. The van der Waals surface area contributed by atoms with Gasteiger partial charge in [0.05, 0.1) is 5.69 Å². The summed E-state index contributed by atoms with van der Waals surface area (Å²) >= 11 is 1.31. The highest BCUT2D eigenvalue weighted by Crippen LogP contribution is 2.28. The summed E-state index contributed by atoms with van der Waals surface area (Å²) in [4.78, 5) is 4.79. The second kappa shape index (κ2) is 5.71. The standard InChI is InChI=1S/C13H11N7S/c14-12(15)10-6-7-16-8-11(10)21-13-17-18-19-20(13)9-4-2-1-3-5-9/h1-8H,(H3,14,15). The number of pyridine rings is 1. The summed E-state index contributed by atoms with van der Waals surface area (Å²) in [7, 11) is 0. The van der Waals surface area contributed by atoms with Crippen molar-refractivity contribution in [2.24, 2.45) is 5.73 Å². The van der Waals surface area contributed by atoms with Crippen LogP contribution in [0.2, 0.25) is 0 Å². The third-order valence-electron chi connectivity index (χ3n) is 2.72. The predicted molar refractivity (Wildman–Crippen MR) is 78.5 cm³/mol. The lowest BCUT2D eigenvalue weighted by atomic mass is 10.2. The Kier molecular flexibility index (Phi) is 3.61. The first kappa shape index (κ1) is 13.3. The van der Waals surface area contributed by atoms with Gasteiger partial charge in [-0.05, 0) is 40.4 Å². The number of nitrogens with two attached hydrogens (primary N) is 1. The number of hydrogen-bond acceptors (Lipinski definition) is 6. The molecule has 3 N–H and O–H groups in total. The molecule has 21 heavy (non-hydrogen) atoms. The number of nitrogen functional groups attached to an aromatic ring is 1. The molecule has 8 heteroatoms. The first-order valence-electron chi connectivity index (χ1n) is 6.06. The molecule has 0 aliphatic carbocycles. The van der Waals surface area contributed by atoms with Crippen LogP contribution in [0.15, 0.2) is 58.8 Å². The largest absolute Gasteiger partial charge is 0.384 e. The van der Waals surface area contributed by atoms with E-state index in [0.29, 0.717) is 10.7 Å². The van der Waals surface area contributed by atoms with E-state index in [1.807, 2.05) is 30.3 Å². The fraction of sp³-hybridized carbons (Fsp3) is 0. The Labute approximate surface area is 124 Å². The van der Waals surface area contributed by atoms with E-state index < -0.39 is 0 Å². The molecule has 0 atom stereocenters. The molecule has 0 radical (unpaired) electrons. The number of aromatic nitrogens is 5. The monoisotopic (exact) mass is 297 g/mol. The summed E-state index contributed by atoms with van der Waals surface area (Å²) in [5, 5.41) is 19.9. The Morgan fingerprint density at radius 3 is 2.76 bits per heavy atom. The summed E-state index contributed by atoms with van der Waals surface area (Å²) in [6, 6.07) is 11.3. The van der Waals surface area contributed by atoms with Gasteiger partial charge in [0.15, 0.2) is 0 Å². The fourth-order valence-electron chi connectivity index (χ4n) is 1.76. The van der Waals surface area contributed by atoms with Gasteiger partial charge in [0.1, 0.15) is 5.84 Å². The lowest BCUT2D eigenvalue weighted by Gasteiger charge is -2.07. The molecule has 1 aromatic carbocycles. The van der Waals surface area contributed by atoms with Gasteiger partial charge >= 0.3 is 0 Å². The molecule has 3 rings (SSSR count). The predicted octanol–water partition coefficient (Wildman–Crippen LogP) is 1.49. The molecule has 0 unspecified atom stereocenters. The molecule has 0 amide bonds. The first-order chi connectivity index (χ1) is 10.3. The maximum Gasteiger partial charge on any atom is 0.218 e. The number of hydrogen-bond donors (Lipinski definition) is 2. The van der Waals surface area contributed by atoms with Crippen LogP contribution in [-0.4, -0.2) is 31.0 Å². The van der Waals surface area contributed by atoms with Crippen molar-refractivity contribution < 1.29 is 0 Å². The number of nitrogens with zero attached hydrogens (tertiary/aromatic N) is 5. The molecule has 7 nitrogen and oxygen atoms in total. The molecule has 0 saturated heterocycles. The quantitative estimate of drug-likeness (QED) is 0.558. The molecule has 104 valence electrons. The van der Waals surface area contributed by atoms with Gasteiger partial charge < -0.3 is 5.73 Å². The summed E-state index contributed by atoms with van der Waals surface area (Å²) in [6.45, 7) is 0. The van der Waals surface area contributed by atoms with Crippen molar-refractivity contribution >= 4 is 17.6 Å². The molecule has 0 spiro atoms. The van der Waals surface area contributed by atoms with Crippen LogP contribution in [0.1, 0.15) is 5.56 Å². The molecule has 0 fully saturated rings. The summed E-state index contributed by atoms with van der Waals surface area (Å²) in [6.07, 6.45) is 3.24. The number of rotatable bonds is 4. The van der Waals surface area contributed by atoms with Crippen LogP contribution in [0.25, 0.3) is 5.69 Å². The zero-order valence-corrected chi connectivity index (χ0v) is 11.7. The van der Waals surface area contributed by atoms with Crippen molar-refractivity contribution in [1.29, 1.82) is 5.41 Å². The van der Waals surface area contributed by atoms with Crippen LogP contribution in [-0.2, 0) is 0 Å². The zero-order valence-electron chi connectivity index (χ0n) is 10.8. The van der Waals surface area contributed by atoms with E-state index >= 15 is 0 Å². The van der Waals surface area contributed by atoms with Crippen molar-refractivity contribution in [1.82, 2.24) is 25.2 Å². The third-order valence-corrected chi connectivity index (χ3v) is 3.70. The van der Waals surface area contributed by atoms with E-state index in [9.17, 15) is 0 Å². The van der Waals surface area contributed by atoms with Crippen LogP contribution in [0.3, 0.4) is 0 Å². The van der Waals surface area contributed by atoms with E-state index in [1.165, 1.54) is 11.8 Å². The maximum absolute atomic E-state index is 7.60. The minimum atomic E-state index is -0.0152. The Hall–Kier alpha value is -2.74. The SMILES string of the molecule is N=C(N)c1ccncc1Sc1nnnn1-c1ccccc1. The Morgan fingerprint density at radius 1 is 1.19 bits per heavy atom. The van der Waals surface area contributed by atoms with Crippen molar-refractivity contribution in [2.75, 3.05) is 0 Å². The molecule has 0 aliphatic rings. The smallest absolute Gasteiger partial charge is 0.218 e. The van der Waals surface area contributed by atoms with Gasteiger partial charge in [0.2, 0.25) is 5.16 Å². The summed E-state index contributed by atoms with van der Waals surface area (Å²) < 4.78 is 1.63. The first-order valence-corrected chi connectivity index (χ1v) is 6.87. The van der Waals surface area contributed by atoms with E-state index in [0.717, 1.165) is 10.6 Å². The Bertz CT molecular complexity index is 769. The van der Waals surface area contributed by atoms with Gasteiger partial charge in [-0.1, -0.05) is 18.2 Å². The van der Waals surface area contributed by atoms with Crippen molar-refractivity contribution in [3.05, 3.63) is 54.4 Å². The van der Waals surface area contributed by atoms with E-state index in [2.05, 4.69) is 20.5 Å². The van der Waals surface area contributed by atoms with Gasteiger partial charge in [0, 0.05) is 22.9 Å². The zero-order chi connectivity index (χ0) is 14.7. The topological polar surface area (TPSA) is 106 Å². The summed E-state index contributed by atoms with van der Waals surface area (Å²) in [5.74, 6) is -0.0152. The molecule has 0 saturated carbocycles. The lowest BCUT2D eigenvalue weighted by molar-refractivity contribution is 0.756. The van der Waals surface area contributed by atoms with Crippen molar-refractivity contribution in [2.45, 2.75) is 10.1 Å². The highest BCUT2D eigenvalue weighted by molar-refractivity contribution is 7.99. The molecule has 2 heterocycles.